The summed E-state index contributed by atoms with van der Waals surface area (Å²) in [6.07, 6.45) is 1.57. The van der Waals surface area contributed by atoms with Gasteiger partial charge in [0, 0.05) is 17.4 Å². The van der Waals surface area contributed by atoms with Crippen molar-refractivity contribution in [3.05, 3.63) is 66.9 Å². The number of carbonyl (C=O) groups excluding carboxylic acids is 1. The second kappa shape index (κ2) is 8.31. The zero-order valence-corrected chi connectivity index (χ0v) is 16.0. The number of rotatable bonds is 5. The van der Waals surface area contributed by atoms with E-state index < -0.39 is 6.03 Å². The van der Waals surface area contributed by atoms with Crippen LogP contribution >= 0.6 is 0 Å². The van der Waals surface area contributed by atoms with Gasteiger partial charge in [0.2, 0.25) is 0 Å². The molecule has 9 nitrogen and oxygen atoms in total. The zero-order valence-electron chi connectivity index (χ0n) is 16.0. The average molecular weight is 402 g/mol. The van der Waals surface area contributed by atoms with Crippen molar-refractivity contribution < 1.29 is 14.6 Å². The highest BCUT2D eigenvalue weighted by Crippen LogP contribution is 2.29. The van der Waals surface area contributed by atoms with E-state index in [9.17, 15) is 9.90 Å². The number of benzene rings is 2. The van der Waals surface area contributed by atoms with Crippen LogP contribution in [0.1, 0.15) is 0 Å². The number of methoxy groups -OCH3 is 1. The van der Waals surface area contributed by atoms with E-state index in [1.807, 2.05) is 18.2 Å². The van der Waals surface area contributed by atoms with E-state index in [0.717, 1.165) is 0 Å². The molecule has 150 valence electrons. The van der Waals surface area contributed by atoms with Crippen LogP contribution in [0.5, 0.6) is 11.5 Å². The van der Waals surface area contributed by atoms with E-state index in [1.54, 1.807) is 42.6 Å². The SMILES string of the molecule is COc1cc(Nc2cnc3ccc(NC(=O)Nc4ccccc4)nc3n2)ccc1O. The Morgan fingerprint density at radius 2 is 1.73 bits per heavy atom. The van der Waals surface area contributed by atoms with Crippen LogP contribution in [0.3, 0.4) is 0 Å². The lowest BCUT2D eigenvalue weighted by molar-refractivity contribution is 0.262. The summed E-state index contributed by atoms with van der Waals surface area (Å²) in [6.45, 7) is 0. The predicted octanol–water partition coefficient (Wildman–Crippen LogP) is 4.13. The molecule has 2 heterocycles. The summed E-state index contributed by atoms with van der Waals surface area (Å²) in [5, 5.41) is 18.2. The van der Waals surface area contributed by atoms with E-state index in [1.165, 1.54) is 13.2 Å². The number of aromatic nitrogens is 3. The molecule has 0 aliphatic carbocycles. The summed E-state index contributed by atoms with van der Waals surface area (Å²) < 4.78 is 5.10. The lowest BCUT2D eigenvalue weighted by Crippen LogP contribution is -2.20. The normalized spacial score (nSPS) is 10.4. The Balaban J connectivity index is 1.51. The van der Waals surface area contributed by atoms with Gasteiger partial charge in [-0.3, -0.25) is 5.32 Å². The first-order valence-corrected chi connectivity index (χ1v) is 9.01. The number of carbonyl (C=O) groups is 1. The molecule has 0 aliphatic rings. The molecule has 0 spiro atoms. The fraction of sp³-hybridized carbons (Fsp3) is 0.0476. The van der Waals surface area contributed by atoms with Gasteiger partial charge in [0.05, 0.1) is 13.3 Å². The Morgan fingerprint density at radius 1 is 0.933 bits per heavy atom. The van der Waals surface area contributed by atoms with Gasteiger partial charge in [0.15, 0.2) is 23.0 Å². The molecule has 0 bridgehead atoms. The maximum Gasteiger partial charge on any atom is 0.324 e. The zero-order chi connectivity index (χ0) is 20.9. The number of aromatic hydroxyl groups is 1. The second-order valence-corrected chi connectivity index (χ2v) is 6.25. The number of amides is 2. The molecule has 0 saturated heterocycles. The minimum Gasteiger partial charge on any atom is -0.504 e. The summed E-state index contributed by atoms with van der Waals surface area (Å²) in [6, 6.07) is 16.9. The first kappa shape index (κ1) is 18.9. The van der Waals surface area contributed by atoms with Gasteiger partial charge < -0.3 is 20.5 Å². The smallest absolute Gasteiger partial charge is 0.324 e. The number of pyridine rings is 1. The van der Waals surface area contributed by atoms with Gasteiger partial charge in [-0.25, -0.2) is 19.7 Å². The van der Waals surface area contributed by atoms with E-state index in [4.69, 9.17) is 4.74 Å². The molecule has 2 aromatic carbocycles. The molecule has 2 aromatic heterocycles. The standard InChI is InChI=1S/C21H18N6O3/c1-30-17-11-14(7-9-16(17)28)23-19-12-22-15-8-10-18(25-20(15)26-19)27-21(29)24-13-5-3-2-4-6-13/h2-12,28H,1H3,(H3,23,24,25,26,27,29). The Morgan fingerprint density at radius 3 is 2.53 bits per heavy atom. The molecule has 9 heteroatoms. The average Bonchev–Trinajstić information content (AvgIpc) is 2.75. The Labute approximate surface area is 171 Å². The number of ether oxygens (including phenoxy) is 1. The van der Waals surface area contributed by atoms with Gasteiger partial charge >= 0.3 is 6.03 Å². The van der Waals surface area contributed by atoms with Crippen molar-refractivity contribution in [2.24, 2.45) is 0 Å². The molecule has 0 atom stereocenters. The molecule has 30 heavy (non-hydrogen) atoms. The first-order valence-electron chi connectivity index (χ1n) is 9.01. The molecule has 4 rings (SSSR count). The number of phenolic OH excluding ortho intramolecular Hbond substituents is 1. The summed E-state index contributed by atoms with van der Waals surface area (Å²) in [5.41, 5.74) is 2.28. The van der Waals surface area contributed by atoms with Crippen molar-refractivity contribution in [3.8, 4) is 11.5 Å². The molecule has 0 fully saturated rings. The number of hydrogen-bond acceptors (Lipinski definition) is 7. The van der Waals surface area contributed by atoms with Crippen LogP contribution in [0.4, 0.5) is 27.8 Å². The molecular weight excluding hydrogens is 384 g/mol. The van der Waals surface area contributed by atoms with Crippen molar-refractivity contribution in [1.82, 2.24) is 15.0 Å². The summed E-state index contributed by atoms with van der Waals surface area (Å²) in [5.74, 6) is 1.17. The molecule has 2 amide bonds. The number of phenols is 1. The quantitative estimate of drug-likeness (QED) is 0.370. The molecule has 4 N–H and O–H groups in total. The van der Waals surface area contributed by atoms with Gasteiger partial charge in [-0.2, -0.15) is 0 Å². The van der Waals surface area contributed by atoms with Gasteiger partial charge in [-0.1, -0.05) is 18.2 Å². The van der Waals surface area contributed by atoms with Crippen LogP contribution in [0.25, 0.3) is 11.2 Å². The molecular formula is C21H18N6O3. The highest BCUT2D eigenvalue weighted by Gasteiger charge is 2.08. The fourth-order valence-electron chi connectivity index (χ4n) is 2.73. The number of urea groups is 1. The number of fused-ring (bicyclic) bond motifs is 1. The van der Waals surface area contributed by atoms with Crippen LogP contribution in [-0.4, -0.2) is 33.2 Å². The number of anilines is 4. The monoisotopic (exact) mass is 402 g/mol. The van der Waals surface area contributed by atoms with Crippen LogP contribution in [0, 0.1) is 0 Å². The van der Waals surface area contributed by atoms with Crippen LogP contribution in [-0.2, 0) is 0 Å². The summed E-state index contributed by atoms with van der Waals surface area (Å²) in [7, 11) is 1.47. The Bertz CT molecular complexity index is 1200. The highest BCUT2D eigenvalue weighted by atomic mass is 16.5. The predicted molar refractivity (Wildman–Crippen MR) is 114 cm³/mol. The second-order valence-electron chi connectivity index (χ2n) is 6.25. The minimum absolute atomic E-state index is 0.0406. The van der Waals surface area contributed by atoms with Gasteiger partial charge in [0.25, 0.3) is 0 Å². The highest BCUT2D eigenvalue weighted by molar-refractivity contribution is 5.99. The number of nitrogens with one attached hydrogen (secondary N) is 3. The van der Waals surface area contributed by atoms with E-state index in [-0.39, 0.29) is 5.75 Å². The van der Waals surface area contributed by atoms with Crippen LogP contribution < -0.4 is 20.7 Å². The Hall–Kier alpha value is -4.40. The van der Waals surface area contributed by atoms with E-state index in [2.05, 4.69) is 30.9 Å². The lowest BCUT2D eigenvalue weighted by atomic mass is 10.2. The molecule has 0 aliphatic heterocycles. The van der Waals surface area contributed by atoms with Gasteiger partial charge in [-0.05, 0) is 36.4 Å². The maximum atomic E-state index is 12.2. The van der Waals surface area contributed by atoms with Gasteiger partial charge in [-0.15, -0.1) is 0 Å². The summed E-state index contributed by atoms with van der Waals surface area (Å²) >= 11 is 0. The van der Waals surface area contributed by atoms with E-state index >= 15 is 0 Å². The fourth-order valence-corrected chi connectivity index (χ4v) is 2.73. The van der Waals surface area contributed by atoms with E-state index in [0.29, 0.717) is 39.9 Å². The Kier molecular flexibility index (Phi) is 5.25. The van der Waals surface area contributed by atoms with Crippen molar-refractivity contribution in [3.63, 3.8) is 0 Å². The molecule has 0 unspecified atom stereocenters. The molecule has 0 saturated carbocycles. The third-order valence-corrected chi connectivity index (χ3v) is 4.13. The number of nitrogens with zero attached hydrogens (tertiary/aromatic N) is 3. The molecule has 4 aromatic rings. The van der Waals surface area contributed by atoms with Crippen molar-refractivity contribution in [2.45, 2.75) is 0 Å². The topological polar surface area (TPSA) is 121 Å². The van der Waals surface area contributed by atoms with Crippen molar-refractivity contribution in [2.75, 3.05) is 23.1 Å². The van der Waals surface area contributed by atoms with Gasteiger partial charge in [0.1, 0.15) is 11.3 Å². The van der Waals surface area contributed by atoms with Crippen molar-refractivity contribution >= 4 is 40.2 Å². The van der Waals surface area contributed by atoms with Crippen molar-refractivity contribution in [1.29, 1.82) is 0 Å². The minimum atomic E-state index is -0.411. The molecule has 0 radical (unpaired) electrons. The number of para-hydroxylation sites is 1. The van der Waals surface area contributed by atoms with Crippen LogP contribution in [0.2, 0.25) is 0 Å². The lowest BCUT2D eigenvalue weighted by Gasteiger charge is -2.10. The van der Waals surface area contributed by atoms with Crippen LogP contribution in [0.15, 0.2) is 66.9 Å². The first-order chi connectivity index (χ1) is 14.6. The third-order valence-electron chi connectivity index (χ3n) is 4.13. The third kappa shape index (κ3) is 4.36. The summed E-state index contributed by atoms with van der Waals surface area (Å²) in [4.78, 5) is 25.3. The largest absolute Gasteiger partial charge is 0.504 e. The number of hydrogen-bond donors (Lipinski definition) is 4. The maximum absolute atomic E-state index is 12.2.